The number of hydrogen-bond donors (Lipinski definition) is 2. The molecule has 0 radical (unpaired) electrons. The van der Waals surface area contributed by atoms with E-state index in [4.69, 9.17) is 5.73 Å². The fourth-order valence-electron chi connectivity index (χ4n) is 3.30. The van der Waals surface area contributed by atoms with E-state index in [1.165, 1.54) is 35.0 Å². The Bertz CT molecular complexity index is 1320. The van der Waals surface area contributed by atoms with Gasteiger partial charge in [-0.15, -0.1) is 0 Å². The largest absolute Gasteiger partial charge is 0.435 e. The van der Waals surface area contributed by atoms with E-state index in [-0.39, 0.29) is 29.3 Å². The fourth-order valence-corrected chi connectivity index (χ4v) is 3.30. The number of carbonyl (C=O) groups excluding carboxylic acids is 1. The van der Waals surface area contributed by atoms with Crippen molar-refractivity contribution in [2.75, 3.05) is 5.32 Å². The molecule has 3 N–H and O–H groups in total. The summed E-state index contributed by atoms with van der Waals surface area (Å²) in [6.07, 6.45) is -1.66. The molecule has 0 aliphatic carbocycles. The minimum absolute atomic E-state index is 0.0658. The molecule has 4 aromatic rings. The van der Waals surface area contributed by atoms with E-state index in [0.717, 1.165) is 10.7 Å². The summed E-state index contributed by atoms with van der Waals surface area (Å²) in [4.78, 5) is 16.9. The van der Waals surface area contributed by atoms with Gasteiger partial charge in [0.15, 0.2) is 5.69 Å². The number of hydrogen-bond acceptors (Lipinski definition) is 4. The smallest absolute Gasteiger partial charge is 0.326 e. The summed E-state index contributed by atoms with van der Waals surface area (Å²) in [6.45, 7) is 1.86. The highest BCUT2D eigenvalue weighted by molar-refractivity contribution is 6.03. The molecule has 0 atom stereocenters. The summed E-state index contributed by atoms with van der Waals surface area (Å²) in [5.74, 6) is -0.967. The van der Waals surface area contributed by atoms with Gasteiger partial charge < -0.3 is 15.6 Å². The van der Waals surface area contributed by atoms with Crippen LogP contribution in [0.2, 0.25) is 0 Å². The van der Waals surface area contributed by atoms with Crippen molar-refractivity contribution in [3.05, 3.63) is 89.5 Å². The van der Waals surface area contributed by atoms with Crippen LogP contribution < -0.4 is 11.1 Å². The molecule has 0 bridgehead atoms. The van der Waals surface area contributed by atoms with Gasteiger partial charge in [0, 0.05) is 30.7 Å². The van der Waals surface area contributed by atoms with Gasteiger partial charge in [0.1, 0.15) is 17.3 Å². The lowest BCUT2D eigenvalue weighted by Gasteiger charge is -2.11. The Morgan fingerprint density at radius 1 is 1.15 bits per heavy atom. The van der Waals surface area contributed by atoms with Crippen LogP contribution in [0.1, 0.15) is 27.6 Å². The maximum Gasteiger partial charge on any atom is 0.435 e. The van der Waals surface area contributed by atoms with Crippen molar-refractivity contribution in [3.8, 4) is 11.4 Å². The summed E-state index contributed by atoms with van der Waals surface area (Å²) in [5.41, 5.74) is 5.17. The molecule has 4 rings (SSSR count). The van der Waals surface area contributed by atoms with Gasteiger partial charge in [0.25, 0.3) is 5.91 Å². The summed E-state index contributed by atoms with van der Waals surface area (Å²) >= 11 is 0. The fraction of sp³-hybridized carbons (Fsp3) is 0.136. The number of carbonyl (C=O) groups is 1. The van der Waals surface area contributed by atoms with E-state index in [1.807, 2.05) is 0 Å². The standard InChI is InChI=1S/C22H18F4N6O/c1-13-28-7-8-31(13)18-6-5-15(10-17(18)23)29-21(33)19-11-20(22(24,25)26)30-32(19)16-4-2-3-14(9-16)12-27/h2-11H,12,27H2,1H3,(H,29,33). The Labute approximate surface area is 185 Å². The number of alkyl halides is 3. The van der Waals surface area contributed by atoms with Crippen LogP contribution in [0.25, 0.3) is 11.4 Å². The van der Waals surface area contributed by atoms with E-state index < -0.39 is 23.6 Å². The minimum atomic E-state index is -4.76. The topological polar surface area (TPSA) is 90.8 Å². The first kappa shape index (κ1) is 22.2. The Hall–Kier alpha value is -3.99. The quantitative estimate of drug-likeness (QED) is 0.438. The minimum Gasteiger partial charge on any atom is -0.326 e. The average Bonchev–Trinajstić information content (AvgIpc) is 3.41. The monoisotopic (exact) mass is 458 g/mol. The number of anilines is 1. The SMILES string of the molecule is Cc1nccn1-c1ccc(NC(=O)c2cc(C(F)(F)F)nn2-c2cccc(CN)c2)cc1F. The van der Waals surface area contributed by atoms with Crippen molar-refractivity contribution in [1.29, 1.82) is 0 Å². The average molecular weight is 458 g/mol. The van der Waals surface area contributed by atoms with Gasteiger partial charge in [-0.3, -0.25) is 4.79 Å². The molecular weight excluding hydrogens is 440 g/mol. The molecule has 0 spiro atoms. The van der Waals surface area contributed by atoms with E-state index in [0.29, 0.717) is 17.5 Å². The molecule has 1 amide bonds. The lowest BCUT2D eigenvalue weighted by molar-refractivity contribution is -0.141. The maximum atomic E-state index is 14.7. The predicted molar refractivity (Wildman–Crippen MR) is 113 cm³/mol. The summed E-state index contributed by atoms with van der Waals surface area (Å²) in [6, 6.07) is 10.9. The first-order valence-electron chi connectivity index (χ1n) is 9.75. The molecule has 2 aromatic carbocycles. The highest BCUT2D eigenvalue weighted by Crippen LogP contribution is 2.30. The van der Waals surface area contributed by atoms with Crippen molar-refractivity contribution in [2.45, 2.75) is 19.6 Å². The number of nitrogens with one attached hydrogen (secondary N) is 1. The normalized spacial score (nSPS) is 11.6. The summed E-state index contributed by atoms with van der Waals surface area (Å²) < 4.78 is 57.0. The van der Waals surface area contributed by atoms with Crippen LogP contribution in [0.5, 0.6) is 0 Å². The number of halogens is 4. The van der Waals surface area contributed by atoms with Crippen molar-refractivity contribution < 1.29 is 22.4 Å². The molecular formula is C22H18F4N6O. The van der Waals surface area contributed by atoms with E-state index in [2.05, 4.69) is 15.4 Å². The highest BCUT2D eigenvalue weighted by atomic mass is 19.4. The van der Waals surface area contributed by atoms with Crippen LogP contribution in [0.15, 0.2) is 60.9 Å². The van der Waals surface area contributed by atoms with Crippen LogP contribution >= 0.6 is 0 Å². The molecule has 11 heteroatoms. The molecule has 0 saturated heterocycles. The van der Waals surface area contributed by atoms with Crippen molar-refractivity contribution >= 4 is 11.6 Å². The van der Waals surface area contributed by atoms with Crippen LogP contribution in [0.3, 0.4) is 0 Å². The second-order valence-electron chi connectivity index (χ2n) is 7.16. The molecule has 2 aromatic heterocycles. The predicted octanol–water partition coefficient (Wildman–Crippen LogP) is 4.24. The molecule has 0 fully saturated rings. The van der Waals surface area contributed by atoms with Crippen LogP contribution in [-0.4, -0.2) is 25.2 Å². The molecule has 0 saturated carbocycles. The molecule has 0 aliphatic rings. The van der Waals surface area contributed by atoms with Gasteiger partial charge in [-0.05, 0) is 42.8 Å². The van der Waals surface area contributed by atoms with E-state index in [9.17, 15) is 22.4 Å². The number of amides is 1. The molecule has 0 unspecified atom stereocenters. The van der Waals surface area contributed by atoms with Crippen molar-refractivity contribution in [2.24, 2.45) is 5.73 Å². The van der Waals surface area contributed by atoms with Crippen LogP contribution in [0.4, 0.5) is 23.2 Å². The third-order valence-electron chi connectivity index (χ3n) is 4.91. The lowest BCUT2D eigenvalue weighted by Crippen LogP contribution is -2.17. The Morgan fingerprint density at radius 2 is 1.94 bits per heavy atom. The first-order valence-corrected chi connectivity index (χ1v) is 9.75. The lowest BCUT2D eigenvalue weighted by atomic mass is 10.2. The van der Waals surface area contributed by atoms with Gasteiger partial charge in [-0.25, -0.2) is 14.1 Å². The van der Waals surface area contributed by atoms with E-state index in [1.54, 1.807) is 25.3 Å². The Morgan fingerprint density at radius 3 is 2.58 bits per heavy atom. The Kier molecular flexibility index (Phi) is 5.73. The maximum absolute atomic E-state index is 14.7. The molecule has 170 valence electrons. The van der Waals surface area contributed by atoms with Crippen molar-refractivity contribution in [3.63, 3.8) is 0 Å². The van der Waals surface area contributed by atoms with Gasteiger partial charge in [-0.1, -0.05) is 12.1 Å². The van der Waals surface area contributed by atoms with E-state index >= 15 is 0 Å². The van der Waals surface area contributed by atoms with Gasteiger partial charge in [0.2, 0.25) is 0 Å². The zero-order valence-electron chi connectivity index (χ0n) is 17.3. The second kappa shape index (κ2) is 8.51. The van der Waals surface area contributed by atoms with Crippen LogP contribution in [0, 0.1) is 12.7 Å². The molecule has 33 heavy (non-hydrogen) atoms. The van der Waals surface area contributed by atoms with Gasteiger partial charge >= 0.3 is 6.18 Å². The van der Waals surface area contributed by atoms with Gasteiger partial charge in [-0.2, -0.15) is 18.3 Å². The molecule has 7 nitrogen and oxygen atoms in total. The number of imidazole rings is 1. The number of aromatic nitrogens is 4. The molecule has 2 heterocycles. The summed E-state index contributed by atoms with van der Waals surface area (Å²) in [7, 11) is 0. The zero-order chi connectivity index (χ0) is 23.8. The van der Waals surface area contributed by atoms with Crippen molar-refractivity contribution in [1.82, 2.24) is 19.3 Å². The molecule has 0 aliphatic heterocycles. The number of rotatable bonds is 5. The Balaban J connectivity index is 1.68. The van der Waals surface area contributed by atoms with Gasteiger partial charge in [0.05, 0.1) is 11.4 Å². The third-order valence-corrected chi connectivity index (χ3v) is 4.91. The number of aryl methyl sites for hydroxylation is 1. The number of nitrogens with zero attached hydrogens (tertiary/aromatic N) is 4. The third kappa shape index (κ3) is 4.48. The zero-order valence-corrected chi connectivity index (χ0v) is 17.3. The number of benzene rings is 2. The number of nitrogens with two attached hydrogens (primary N) is 1. The first-order chi connectivity index (χ1) is 15.7. The summed E-state index contributed by atoms with van der Waals surface area (Å²) in [5, 5.41) is 6.00. The highest BCUT2D eigenvalue weighted by Gasteiger charge is 2.36. The second-order valence-corrected chi connectivity index (χ2v) is 7.16. The van der Waals surface area contributed by atoms with Crippen LogP contribution in [-0.2, 0) is 12.7 Å².